The first-order chi connectivity index (χ1) is 11.8. The fourth-order valence-electron chi connectivity index (χ4n) is 2.95. The molecule has 0 radical (unpaired) electrons. The molecule has 6 nitrogen and oxygen atoms in total. The smallest absolute Gasteiger partial charge is 0.216 e. The van der Waals surface area contributed by atoms with Crippen LogP contribution >= 0.6 is 0 Å². The van der Waals surface area contributed by atoms with Crippen LogP contribution in [0.3, 0.4) is 0 Å². The van der Waals surface area contributed by atoms with Crippen LogP contribution in [0.4, 0.5) is 0 Å². The Morgan fingerprint density at radius 3 is 2.44 bits per heavy atom. The number of pyridine rings is 1. The van der Waals surface area contributed by atoms with Gasteiger partial charge in [0.05, 0.1) is 11.2 Å². The molecule has 1 atom stereocenters. The van der Waals surface area contributed by atoms with Gasteiger partial charge in [0.25, 0.3) is 0 Å². The molecule has 0 fully saturated rings. The zero-order chi connectivity index (χ0) is 18.6. The van der Waals surface area contributed by atoms with Gasteiger partial charge in [0.15, 0.2) is 0 Å². The second kappa shape index (κ2) is 7.42. The van der Waals surface area contributed by atoms with Crippen LogP contribution in [0.2, 0.25) is 0 Å². The van der Waals surface area contributed by atoms with Crippen molar-refractivity contribution in [3.05, 3.63) is 41.1 Å². The normalized spacial score (nSPS) is 17.9. The monoisotopic (exact) mass is 340 g/mol. The number of aromatic nitrogens is 1. The molecule has 1 aromatic heterocycles. The number of likely N-dealkylation sites (N-methyl/N-ethyl adjacent to an activating group) is 1. The first-order valence-electron chi connectivity index (χ1n) is 8.12. The molecule has 2 N–H and O–H groups in total. The zero-order valence-electron chi connectivity index (χ0n) is 15.1. The molecule has 1 unspecified atom stereocenters. The second-order valence-electron chi connectivity index (χ2n) is 6.57. The lowest BCUT2D eigenvalue weighted by atomic mass is 9.97. The highest BCUT2D eigenvalue weighted by Crippen LogP contribution is 2.35. The van der Waals surface area contributed by atoms with E-state index in [9.17, 15) is 9.59 Å². The Hall–Kier alpha value is -2.76. The summed E-state index contributed by atoms with van der Waals surface area (Å²) in [7, 11) is 3.44. The van der Waals surface area contributed by atoms with Gasteiger partial charge in [0.2, 0.25) is 12.3 Å². The molecule has 0 bridgehead atoms. The Bertz CT molecular complexity index is 818. The van der Waals surface area contributed by atoms with Crippen LogP contribution in [0.5, 0.6) is 0 Å². The van der Waals surface area contributed by atoms with E-state index < -0.39 is 0 Å². The van der Waals surface area contributed by atoms with E-state index in [0.717, 1.165) is 30.2 Å². The van der Waals surface area contributed by atoms with Gasteiger partial charge in [0, 0.05) is 38.2 Å². The third kappa shape index (κ3) is 4.02. The molecule has 6 heteroatoms. The van der Waals surface area contributed by atoms with E-state index in [-0.39, 0.29) is 11.4 Å². The minimum atomic E-state index is -0.147. The first kappa shape index (κ1) is 18.6. The number of rotatable bonds is 3. The Morgan fingerprint density at radius 1 is 1.32 bits per heavy atom. The number of benzene rings is 1. The molecule has 1 heterocycles. The van der Waals surface area contributed by atoms with Crippen molar-refractivity contribution in [2.45, 2.75) is 32.2 Å². The fraction of sp³-hybridized carbons (Fsp3) is 0.368. The summed E-state index contributed by atoms with van der Waals surface area (Å²) >= 11 is 0. The lowest BCUT2D eigenvalue weighted by Crippen LogP contribution is -2.43. The maximum atomic E-state index is 11.1. The standard InChI is InChI=1S/C16H17N3O.C3H7NO/c1-16(19(2)10-20)7-12-5-11-3-4-14(9-17)18-15(11)6-13(12)8-16;1-3(5)4-2/h3-6,9-10,17H,7-8H2,1-2H3;1-2H3,(H,4,5). The van der Waals surface area contributed by atoms with Gasteiger partial charge in [0.1, 0.15) is 0 Å². The van der Waals surface area contributed by atoms with Crippen LogP contribution in [0.25, 0.3) is 10.9 Å². The average molecular weight is 340 g/mol. The summed E-state index contributed by atoms with van der Waals surface area (Å²) in [5.41, 5.74) is 3.98. The Balaban J connectivity index is 0.000000399. The fourth-order valence-corrected chi connectivity index (χ4v) is 2.95. The Morgan fingerprint density at radius 2 is 1.92 bits per heavy atom. The summed E-state index contributed by atoms with van der Waals surface area (Å²) in [5, 5.41) is 10.8. The van der Waals surface area contributed by atoms with E-state index >= 15 is 0 Å². The van der Waals surface area contributed by atoms with Gasteiger partial charge in [-0.05, 0) is 49.1 Å². The molecule has 0 spiro atoms. The average Bonchev–Trinajstić information content (AvgIpc) is 2.95. The number of fused-ring (bicyclic) bond motifs is 2. The number of nitrogens with zero attached hydrogens (tertiary/aromatic N) is 2. The van der Waals surface area contributed by atoms with Crippen molar-refractivity contribution in [1.82, 2.24) is 15.2 Å². The molecule has 1 aliphatic rings. The Labute approximate surface area is 147 Å². The van der Waals surface area contributed by atoms with Gasteiger partial charge >= 0.3 is 0 Å². The number of hydrogen-bond donors (Lipinski definition) is 2. The number of amides is 2. The van der Waals surface area contributed by atoms with Crippen molar-refractivity contribution in [1.29, 1.82) is 5.41 Å². The minimum absolute atomic E-state index is 0.00463. The van der Waals surface area contributed by atoms with Crippen LogP contribution in [0.1, 0.15) is 30.7 Å². The predicted octanol–water partition coefficient (Wildman–Crippen LogP) is 1.93. The number of carbonyl (C=O) groups is 2. The molecule has 1 aromatic carbocycles. The SMILES string of the molecule is CN(C=O)C1(C)Cc2cc3ccc(C=N)nc3cc2C1.CNC(C)=O. The maximum absolute atomic E-state index is 11.1. The summed E-state index contributed by atoms with van der Waals surface area (Å²) in [4.78, 5) is 27.0. The highest BCUT2D eigenvalue weighted by molar-refractivity contribution is 5.85. The number of hydrogen-bond acceptors (Lipinski definition) is 4. The summed E-state index contributed by atoms with van der Waals surface area (Å²) in [6, 6.07) is 8.12. The lowest BCUT2D eigenvalue weighted by molar-refractivity contribution is -0.121. The van der Waals surface area contributed by atoms with Crippen LogP contribution in [0, 0.1) is 5.41 Å². The van der Waals surface area contributed by atoms with Crippen molar-refractivity contribution in [3.8, 4) is 0 Å². The van der Waals surface area contributed by atoms with Crippen LogP contribution in [0.15, 0.2) is 24.3 Å². The first-order valence-corrected chi connectivity index (χ1v) is 8.12. The van der Waals surface area contributed by atoms with E-state index in [1.54, 1.807) is 11.9 Å². The van der Waals surface area contributed by atoms with Crippen LogP contribution in [-0.4, -0.2) is 48.1 Å². The van der Waals surface area contributed by atoms with Gasteiger partial charge in [-0.3, -0.25) is 9.59 Å². The van der Waals surface area contributed by atoms with E-state index in [1.165, 1.54) is 24.3 Å². The van der Waals surface area contributed by atoms with E-state index in [0.29, 0.717) is 5.69 Å². The number of carbonyl (C=O) groups excluding carboxylic acids is 2. The maximum Gasteiger partial charge on any atom is 0.216 e. The second-order valence-corrected chi connectivity index (χ2v) is 6.57. The lowest BCUT2D eigenvalue weighted by Gasteiger charge is -2.32. The summed E-state index contributed by atoms with van der Waals surface area (Å²) in [6.07, 6.45) is 3.89. The molecule has 0 aliphatic heterocycles. The summed E-state index contributed by atoms with van der Waals surface area (Å²) < 4.78 is 0. The third-order valence-electron chi connectivity index (χ3n) is 4.68. The van der Waals surface area contributed by atoms with Crippen molar-refractivity contribution in [2.75, 3.05) is 14.1 Å². The van der Waals surface area contributed by atoms with Crippen LogP contribution in [-0.2, 0) is 22.4 Å². The van der Waals surface area contributed by atoms with Gasteiger partial charge in [-0.25, -0.2) is 4.98 Å². The summed E-state index contributed by atoms with van der Waals surface area (Å²) in [6.45, 7) is 3.59. The van der Waals surface area contributed by atoms with E-state index in [4.69, 9.17) is 5.41 Å². The van der Waals surface area contributed by atoms with Gasteiger partial charge in [-0.1, -0.05) is 6.07 Å². The molecule has 2 aromatic rings. The minimum Gasteiger partial charge on any atom is -0.359 e. The van der Waals surface area contributed by atoms with Crippen molar-refractivity contribution < 1.29 is 9.59 Å². The molecule has 132 valence electrons. The van der Waals surface area contributed by atoms with E-state index in [2.05, 4.69) is 29.4 Å². The van der Waals surface area contributed by atoms with Gasteiger partial charge in [-0.15, -0.1) is 0 Å². The largest absolute Gasteiger partial charge is 0.359 e. The zero-order valence-corrected chi connectivity index (χ0v) is 15.1. The molecular weight excluding hydrogens is 316 g/mol. The highest BCUT2D eigenvalue weighted by atomic mass is 16.1. The molecular formula is C19H24N4O2. The van der Waals surface area contributed by atoms with Crippen LogP contribution < -0.4 is 5.32 Å². The van der Waals surface area contributed by atoms with Crippen molar-refractivity contribution in [3.63, 3.8) is 0 Å². The molecule has 0 saturated carbocycles. The molecule has 3 rings (SSSR count). The van der Waals surface area contributed by atoms with Crippen molar-refractivity contribution >= 4 is 29.4 Å². The molecule has 1 aliphatic carbocycles. The molecule has 25 heavy (non-hydrogen) atoms. The van der Waals surface area contributed by atoms with Gasteiger partial charge in [-0.2, -0.15) is 0 Å². The predicted molar refractivity (Wildman–Crippen MR) is 99.0 cm³/mol. The summed E-state index contributed by atoms with van der Waals surface area (Å²) in [5.74, 6) is 0.00463. The van der Waals surface area contributed by atoms with Crippen molar-refractivity contribution in [2.24, 2.45) is 0 Å². The molecule has 0 saturated heterocycles. The highest BCUT2D eigenvalue weighted by Gasteiger charge is 2.36. The molecule has 2 amide bonds. The van der Waals surface area contributed by atoms with Gasteiger partial charge < -0.3 is 15.6 Å². The topological polar surface area (TPSA) is 86.2 Å². The quantitative estimate of drug-likeness (QED) is 0.661. The third-order valence-corrected chi connectivity index (χ3v) is 4.68. The van der Waals surface area contributed by atoms with E-state index in [1.807, 2.05) is 19.2 Å². The number of nitrogens with one attached hydrogen (secondary N) is 2. The Kier molecular flexibility index (Phi) is 5.51.